The third kappa shape index (κ3) is 2.51. The minimum Gasteiger partial charge on any atom is -0.298 e. The molecule has 0 amide bonds. The summed E-state index contributed by atoms with van der Waals surface area (Å²) in [5, 5.41) is 2.37. The number of carbonyl (C=O) groups is 1. The van der Waals surface area contributed by atoms with E-state index in [1.807, 2.05) is 42.5 Å². The van der Waals surface area contributed by atoms with Crippen molar-refractivity contribution in [3.05, 3.63) is 60.2 Å². The first kappa shape index (κ1) is 10.1. The second-order valence-electron chi connectivity index (χ2n) is 3.20. The molecule has 2 aromatic rings. The van der Waals surface area contributed by atoms with Crippen LogP contribution < -0.4 is 10.6 Å². The molecule has 74 valence electrons. The number of carbonyl (C=O) groups excluding carboxylic acids is 1. The van der Waals surface area contributed by atoms with Crippen molar-refractivity contribution in [2.75, 3.05) is 0 Å². The molecule has 1 nitrogen and oxygen atoms in total. The van der Waals surface area contributed by atoms with E-state index in [2.05, 4.69) is 12.1 Å². The van der Waals surface area contributed by atoms with Crippen LogP contribution in [-0.4, -0.2) is 6.29 Å². The summed E-state index contributed by atoms with van der Waals surface area (Å²) in [4.78, 5) is 10.8. The Hall–Kier alpha value is -1.46. The first-order chi connectivity index (χ1) is 7.40. The second-order valence-corrected chi connectivity index (χ2v) is 4.56. The lowest BCUT2D eigenvalue weighted by atomic mass is 10.2. The average Bonchev–Trinajstić information content (AvgIpc) is 2.31. The second kappa shape index (κ2) is 4.86. The first-order valence-corrected chi connectivity index (χ1v) is 5.76. The zero-order valence-electron chi connectivity index (χ0n) is 8.18. The summed E-state index contributed by atoms with van der Waals surface area (Å²) in [6.45, 7) is 0. The van der Waals surface area contributed by atoms with E-state index in [1.54, 1.807) is 0 Å². The fraction of sp³-hybridized carbons (Fsp3) is 0. The van der Waals surface area contributed by atoms with Crippen molar-refractivity contribution in [3.8, 4) is 0 Å². The van der Waals surface area contributed by atoms with Gasteiger partial charge in [0.25, 0.3) is 0 Å². The zero-order valence-corrected chi connectivity index (χ0v) is 9.18. The van der Waals surface area contributed by atoms with E-state index in [0.29, 0.717) is 8.58 Å². The largest absolute Gasteiger partial charge is 0.298 e. The Morgan fingerprint density at radius 1 is 0.867 bits per heavy atom. The number of rotatable bonds is 3. The van der Waals surface area contributed by atoms with Gasteiger partial charge in [0.15, 0.2) is 6.29 Å². The Bertz CT molecular complexity index is 451. The van der Waals surface area contributed by atoms with Crippen LogP contribution in [0.15, 0.2) is 54.6 Å². The highest BCUT2D eigenvalue weighted by molar-refractivity contribution is 7.55. The normalized spacial score (nSPS) is 10.7. The van der Waals surface area contributed by atoms with Gasteiger partial charge in [0.2, 0.25) is 0 Å². The van der Waals surface area contributed by atoms with Crippen LogP contribution in [0.2, 0.25) is 0 Å². The van der Waals surface area contributed by atoms with Crippen molar-refractivity contribution < 1.29 is 4.79 Å². The topological polar surface area (TPSA) is 17.1 Å². The highest BCUT2D eigenvalue weighted by Gasteiger charge is 2.00. The Balaban J connectivity index is 2.28. The lowest BCUT2D eigenvalue weighted by molar-refractivity contribution is 0.112. The SMILES string of the molecule is O=Cc1ccccc1Pc1ccccc1. The van der Waals surface area contributed by atoms with Crippen LogP contribution in [-0.2, 0) is 0 Å². The maximum absolute atomic E-state index is 10.8. The predicted octanol–water partition coefficient (Wildman–Crippen LogP) is 2.13. The van der Waals surface area contributed by atoms with E-state index in [0.717, 1.165) is 17.2 Å². The summed E-state index contributed by atoms with van der Waals surface area (Å²) in [7, 11) is 0.551. The van der Waals surface area contributed by atoms with Crippen molar-refractivity contribution >= 4 is 25.5 Å². The molecule has 0 bridgehead atoms. The van der Waals surface area contributed by atoms with Crippen LogP contribution in [0.4, 0.5) is 0 Å². The van der Waals surface area contributed by atoms with Crippen LogP contribution >= 0.6 is 8.58 Å². The molecule has 2 aromatic carbocycles. The van der Waals surface area contributed by atoms with Gasteiger partial charge in [-0.15, -0.1) is 0 Å². The van der Waals surface area contributed by atoms with E-state index >= 15 is 0 Å². The standard InChI is InChI=1S/C13H11OP/c14-10-11-6-4-5-9-13(11)15-12-7-2-1-3-8-12/h1-10,15H. The van der Waals surface area contributed by atoms with Gasteiger partial charge in [0.05, 0.1) is 0 Å². The van der Waals surface area contributed by atoms with E-state index in [1.165, 1.54) is 5.30 Å². The summed E-state index contributed by atoms with van der Waals surface area (Å²) in [5.74, 6) is 0. The number of hydrogen-bond donors (Lipinski definition) is 0. The minimum atomic E-state index is 0.551. The van der Waals surface area contributed by atoms with Crippen LogP contribution in [0.5, 0.6) is 0 Å². The zero-order chi connectivity index (χ0) is 10.5. The maximum Gasteiger partial charge on any atom is 0.150 e. The van der Waals surface area contributed by atoms with Crippen LogP contribution in [0.1, 0.15) is 10.4 Å². The van der Waals surface area contributed by atoms with Crippen molar-refractivity contribution in [2.24, 2.45) is 0 Å². The summed E-state index contributed by atoms with van der Waals surface area (Å²) in [6.07, 6.45) is 0.922. The van der Waals surface area contributed by atoms with Gasteiger partial charge in [-0.2, -0.15) is 0 Å². The van der Waals surface area contributed by atoms with Crippen molar-refractivity contribution in [1.29, 1.82) is 0 Å². The molecule has 0 N–H and O–H groups in total. The van der Waals surface area contributed by atoms with Crippen molar-refractivity contribution in [3.63, 3.8) is 0 Å². The third-order valence-corrected chi connectivity index (χ3v) is 3.49. The number of hydrogen-bond acceptors (Lipinski definition) is 1. The van der Waals surface area contributed by atoms with Gasteiger partial charge in [0.1, 0.15) is 0 Å². The molecule has 0 fully saturated rings. The maximum atomic E-state index is 10.8. The lowest BCUT2D eigenvalue weighted by Crippen LogP contribution is -2.07. The van der Waals surface area contributed by atoms with Crippen LogP contribution in [0.25, 0.3) is 0 Å². The lowest BCUT2D eigenvalue weighted by Gasteiger charge is -2.04. The fourth-order valence-corrected chi connectivity index (χ4v) is 2.53. The van der Waals surface area contributed by atoms with Crippen LogP contribution in [0, 0.1) is 0 Å². The van der Waals surface area contributed by atoms with Gasteiger partial charge in [0, 0.05) is 5.56 Å². The quantitative estimate of drug-likeness (QED) is 0.565. The van der Waals surface area contributed by atoms with Gasteiger partial charge in [-0.3, -0.25) is 4.79 Å². The monoisotopic (exact) mass is 214 g/mol. The Labute approximate surface area is 90.9 Å². The van der Waals surface area contributed by atoms with Crippen molar-refractivity contribution in [1.82, 2.24) is 0 Å². The molecule has 0 aliphatic heterocycles. The average molecular weight is 214 g/mol. The molecule has 15 heavy (non-hydrogen) atoms. The molecule has 0 saturated heterocycles. The molecule has 0 aromatic heterocycles. The highest BCUT2D eigenvalue weighted by atomic mass is 31.1. The van der Waals surface area contributed by atoms with E-state index in [-0.39, 0.29) is 0 Å². The Kier molecular flexibility index (Phi) is 3.26. The molecule has 1 unspecified atom stereocenters. The smallest absolute Gasteiger partial charge is 0.150 e. The molecular formula is C13H11OP. The molecule has 2 rings (SSSR count). The van der Waals surface area contributed by atoms with Crippen LogP contribution in [0.3, 0.4) is 0 Å². The Morgan fingerprint density at radius 3 is 2.27 bits per heavy atom. The summed E-state index contributed by atoms with van der Waals surface area (Å²) in [5.41, 5.74) is 0.791. The van der Waals surface area contributed by atoms with Gasteiger partial charge in [-0.25, -0.2) is 0 Å². The van der Waals surface area contributed by atoms with E-state index in [4.69, 9.17) is 0 Å². The van der Waals surface area contributed by atoms with Gasteiger partial charge >= 0.3 is 0 Å². The summed E-state index contributed by atoms with van der Waals surface area (Å²) >= 11 is 0. The number of aldehydes is 1. The van der Waals surface area contributed by atoms with Crippen molar-refractivity contribution in [2.45, 2.75) is 0 Å². The molecule has 2 heteroatoms. The molecule has 0 heterocycles. The summed E-state index contributed by atoms with van der Waals surface area (Å²) < 4.78 is 0. The first-order valence-electron chi connectivity index (χ1n) is 4.76. The summed E-state index contributed by atoms with van der Waals surface area (Å²) in [6, 6.07) is 17.9. The molecule has 1 atom stereocenters. The molecular weight excluding hydrogens is 203 g/mol. The predicted molar refractivity (Wildman–Crippen MR) is 65.9 cm³/mol. The third-order valence-electron chi connectivity index (χ3n) is 2.14. The Morgan fingerprint density at radius 2 is 1.53 bits per heavy atom. The van der Waals surface area contributed by atoms with E-state index in [9.17, 15) is 4.79 Å². The molecule has 0 saturated carbocycles. The minimum absolute atomic E-state index is 0.551. The number of benzene rings is 2. The molecule has 0 radical (unpaired) electrons. The molecule has 0 spiro atoms. The van der Waals surface area contributed by atoms with Gasteiger partial charge in [-0.1, -0.05) is 63.2 Å². The fourth-order valence-electron chi connectivity index (χ4n) is 1.39. The molecule has 0 aliphatic carbocycles. The molecule has 0 aliphatic rings. The van der Waals surface area contributed by atoms with E-state index < -0.39 is 0 Å². The van der Waals surface area contributed by atoms with Gasteiger partial charge in [-0.05, 0) is 10.6 Å². The highest BCUT2D eigenvalue weighted by Crippen LogP contribution is 2.12. The van der Waals surface area contributed by atoms with Gasteiger partial charge < -0.3 is 0 Å².